The summed E-state index contributed by atoms with van der Waals surface area (Å²) in [7, 11) is -4.55. The van der Waals surface area contributed by atoms with Crippen LogP contribution in [0.1, 0.15) is 6.42 Å². The fourth-order valence-corrected chi connectivity index (χ4v) is 4.15. The summed E-state index contributed by atoms with van der Waals surface area (Å²) in [5.41, 5.74) is 0.264. The molecule has 19 heavy (non-hydrogen) atoms. The molecule has 0 spiro atoms. The first-order chi connectivity index (χ1) is 9.01. The molecule has 1 N–H and O–H groups in total. The Hall–Kier alpha value is -0.820. The first-order valence-corrected chi connectivity index (χ1v) is 8.64. The molecule has 1 heterocycles. The number of nitrogens with one attached hydrogen (secondary N) is 1. The van der Waals surface area contributed by atoms with Gasteiger partial charge in [-0.2, -0.15) is 20.5 Å². The lowest BCUT2D eigenvalue weighted by atomic mass is 10.1. The lowest BCUT2D eigenvalue weighted by Gasteiger charge is -2.14. The van der Waals surface area contributed by atoms with Gasteiger partial charge in [0.2, 0.25) is 9.84 Å². The Morgan fingerprint density at radius 3 is 2.74 bits per heavy atom. The lowest BCUT2D eigenvalue weighted by Crippen LogP contribution is -2.18. The van der Waals surface area contributed by atoms with Gasteiger partial charge in [-0.3, -0.25) is 0 Å². The van der Waals surface area contributed by atoms with E-state index in [0.717, 1.165) is 17.9 Å². The van der Waals surface area contributed by atoms with Gasteiger partial charge >= 0.3 is 5.76 Å². The number of alkyl halides is 2. The van der Waals surface area contributed by atoms with Gasteiger partial charge in [0.1, 0.15) is 0 Å². The van der Waals surface area contributed by atoms with Crippen molar-refractivity contribution in [3.05, 3.63) is 24.3 Å². The van der Waals surface area contributed by atoms with E-state index < -0.39 is 15.6 Å². The van der Waals surface area contributed by atoms with Gasteiger partial charge in [0.05, 0.1) is 10.6 Å². The molecule has 3 nitrogen and oxygen atoms in total. The molecular weight excluding hydrogens is 292 g/mol. The average Bonchev–Trinajstić information content (AvgIpc) is 2.89. The third kappa shape index (κ3) is 3.39. The van der Waals surface area contributed by atoms with E-state index in [9.17, 15) is 17.2 Å². The molecule has 1 fully saturated rings. The average molecular weight is 307 g/mol. The van der Waals surface area contributed by atoms with E-state index in [0.29, 0.717) is 12.5 Å². The zero-order valence-corrected chi connectivity index (χ0v) is 11.8. The minimum absolute atomic E-state index is 0.264. The van der Waals surface area contributed by atoms with E-state index in [1.165, 1.54) is 18.2 Å². The maximum absolute atomic E-state index is 12.6. The molecule has 0 aliphatic carbocycles. The third-order valence-electron chi connectivity index (χ3n) is 3.03. The number of rotatable bonds is 5. The second-order valence-electron chi connectivity index (χ2n) is 4.41. The van der Waals surface area contributed by atoms with Crippen LogP contribution in [0.4, 0.5) is 14.5 Å². The quantitative estimate of drug-likeness (QED) is 0.908. The Kier molecular flexibility index (Phi) is 4.67. The predicted molar refractivity (Wildman–Crippen MR) is 73.6 cm³/mol. The van der Waals surface area contributed by atoms with E-state index in [2.05, 4.69) is 5.32 Å². The van der Waals surface area contributed by atoms with Gasteiger partial charge < -0.3 is 5.32 Å². The minimum Gasteiger partial charge on any atom is -0.384 e. The summed E-state index contributed by atoms with van der Waals surface area (Å²) in [4.78, 5) is -0.323. The topological polar surface area (TPSA) is 46.2 Å². The molecule has 2 rings (SSSR count). The zero-order valence-electron chi connectivity index (χ0n) is 10.2. The summed E-state index contributed by atoms with van der Waals surface area (Å²) in [6, 6.07) is 5.83. The smallest absolute Gasteiger partial charge is 0.341 e. The van der Waals surface area contributed by atoms with Crippen molar-refractivity contribution in [3.8, 4) is 0 Å². The number of para-hydroxylation sites is 1. The Labute approximate surface area is 115 Å². The predicted octanol–water partition coefficient (Wildman–Crippen LogP) is 2.85. The molecule has 1 atom stereocenters. The molecule has 106 valence electrons. The van der Waals surface area contributed by atoms with Gasteiger partial charge in [-0.15, -0.1) is 0 Å². The van der Waals surface area contributed by atoms with Crippen LogP contribution in [0.5, 0.6) is 0 Å². The first kappa shape index (κ1) is 14.6. The molecule has 1 unspecified atom stereocenters. The lowest BCUT2D eigenvalue weighted by molar-refractivity contribution is 0.235. The van der Waals surface area contributed by atoms with E-state index >= 15 is 0 Å². The van der Waals surface area contributed by atoms with E-state index in [1.807, 2.05) is 11.8 Å². The zero-order chi connectivity index (χ0) is 13.9. The fraction of sp³-hybridized carbons (Fsp3) is 0.500. The number of sulfone groups is 1. The molecule has 1 saturated heterocycles. The summed E-state index contributed by atoms with van der Waals surface area (Å²) < 4.78 is 48.3. The third-order valence-corrected chi connectivity index (χ3v) is 5.70. The summed E-state index contributed by atoms with van der Waals surface area (Å²) in [6.45, 7) is 0.614. The number of benzene rings is 1. The Morgan fingerprint density at radius 1 is 1.37 bits per heavy atom. The molecule has 0 amide bonds. The Morgan fingerprint density at radius 2 is 2.11 bits per heavy atom. The highest BCUT2D eigenvalue weighted by atomic mass is 32.2. The number of thioether (sulfide) groups is 1. The second-order valence-corrected chi connectivity index (χ2v) is 7.45. The maximum Gasteiger partial charge on any atom is 0.341 e. The molecule has 1 aliphatic heterocycles. The van der Waals surface area contributed by atoms with Crippen LogP contribution in [-0.2, 0) is 9.84 Å². The maximum atomic E-state index is 12.6. The molecule has 0 bridgehead atoms. The molecule has 1 aromatic rings. The highest BCUT2D eigenvalue weighted by Crippen LogP contribution is 2.28. The van der Waals surface area contributed by atoms with Crippen molar-refractivity contribution in [2.24, 2.45) is 5.92 Å². The number of halogens is 2. The van der Waals surface area contributed by atoms with Crippen LogP contribution in [0.3, 0.4) is 0 Å². The van der Waals surface area contributed by atoms with Gasteiger partial charge in [0.15, 0.2) is 0 Å². The summed E-state index contributed by atoms with van der Waals surface area (Å²) in [6.07, 6.45) is 1.07. The van der Waals surface area contributed by atoms with Crippen LogP contribution in [0.15, 0.2) is 29.2 Å². The molecule has 1 aromatic carbocycles. The highest BCUT2D eigenvalue weighted by Gasteiger charge is 2.29. The van der Waals surface area contributed by atoms with Crippen molar-refractivity contribution in [2.75, 3.05) is 23.4 Å². The highest BCUT2D eigenvalue weighted by molar-refractivity contribution is 7.99. The van der Waals surface area contributed by atoms with Crippen LogP contribution in [0.2, 0.25) is 0 Å². The first-order valence-electron chi connectivity index (χ1n) is 5.94. The molecule has 0 saturated carbocycles. The van der Waals surface area contributed by atoms with Crippen molar-refractivity contribution in [1.29, 1.82) is 0 Å². The van der Waals surface area contributed by atoms with Gasteiger partial charge in [0, 0.05) is 6.54 Å². The monoisotopic (exact) mass is 307 g/mol. The van der Waals surface area contributed by atoms with Gasteiger partial charge in [-0.05, 0) is 36.0 Å². The van der Waals surface area contributed by atoms with Crippen LogP contribution in [0, 0.1) is 5.92 Å². The normalized spacial score (nSPS) is 19.8. The van der Waals surface area contributed by atoms with E-state index in [1.54, 1.807) is 6.07 Å². The molecule has 7 heteroatoms. The summed E-state index contributed by atoms with van der Waals surface area (Å²) >= 11 is 1.85. The standard InChI is InChI=1S/C12H15F2NO2S2/c13-12(14)19(16,17)11-4-2-1-3-10(11)15-7-9-5-6-18-8-9/h1-4,9,12,15H,5-8H2. The number of anilines is 1. The minimum atomic E-state index is -4.55. The van der Waals surface area contributed by atoms with Gasteiger partial charge in [0.25, 0.3) is 0 Å². The van der Waals surface area contributed by atoms with Crippen molar-refractivity contribution in [2.45, 2.75) is 17.1 Å². The SMILES string of the molecule is O=S(=O)(c1ccccc1NCC1CCSC1)C(F)F. The fourth-order valence-electron chi connectivity index (χ4n) is 1.96. The molecule has 0 radical (unpaired) electrons. The molecule has 1 aliphatic rings. The summed E-state index contributed by atoms with van der Waals surface area (Å²) in [5, 5.41) is 2.99. The Bertz CT molecular complexity index is 528. The van der Waals surface area contributed by atoms with Gasteiger partial charge in [-0.1, -0.05) is 12.1 Å². The number of hydrogen-bond donors (Lipinski definition) is 1. The van der Waals surface area contributed by atoms with E-state index in [-0.39, 0.29) is 10.6 Å². The van der Waals surface area contributed by atoms with Crippen LogP contribution >= 0.6 is 11.8 Å². The van der Waals surface area contributed by atoms with Crippen LogP contribution < -0.4 is 5.32 Å². The summed E-state index contributed by atoms with van der Waals surface area (Å²) in [5.74, 6) is -0.801. The Balaban J connectivity index is 2.16. The largest absolute Gasteiger partial charge is 0.384 e. The van der Waals surface area contributed by atoms with Crippen molar-refractivity contribution in [3.63, 3.8) is 0 Å². The van der Waals surface area contributed by atoms with Crippen LogP contribution in [0.25, 0.3) is 0 Å². The van der Waals surface area contributed by atoms with Crippen molar-refractivity contribution < 1.29 is 17.2 Å². The van der Waals surface area contributed by atoms with Crippen molar-refractivity contribution >= 4 is 27.3 Å². The van der Waals surface area contributed by atoms with Crippen LogP contribution in [-0.4, -0.2) is 32.2 Å². The molecular formula is C12H15F2NO2S2. The molecule has 0 aromatic heterocycles. The second kappa shape index (κ2) is 6.09. The van der Waals surface area contributed by atoms with Gasteiger partial charge in [-0.25, -0.2) is 8.42 Å². The van der Waals surface area contributed by atoms with E-state index in [4.69, 9.17) is 0 Å². The van der Waals surface area contributed by atoms with Crippen molar-refractivity contribution in [1.82, 2.24) is 0 Å². The number of hydrogen-bond acceptors (Lipinski definition) is 4.